The minimum Gasteiger partial charge on any atom is -0.496 e. The van der Waals surface area contributed by atoms with Gasteiger partial charge in [0, 0.05) is 18.6 Å². The van der Waals surface area contributed by atoms with Crippen LogP contribution in [0.15, 0.2) is 30.2 Å². The summed E-state index contributed by atoms with van der Waals surface area (Å²) in [6.45, 7) is 0. The van der Waals surface area contributed by atoms with Crippen LogP contribution in [0, 0.1) is 0 Å². The van der Waals surface area contributed by atoms with E-state index in [0.717, 1.165) is 0 Å². The van der Waals surface area contributed by atoms with E-state index >= 15 is 0 Å². The first-order valence-electron chi connectivity index (χ1n) is 4.24. The number of ether oxygens (including phenoxy) is 1. The molecule has 0 aliphatic heterocycles. The average molecular weight is 220 g/mol. The molecule has 15 heavy (non-hydrogen) atoms. The van der Waals surface area contributed by atoms with Crippen molar-refractivity contribution in [3.8, 4) is 5.75 Å². The fraction of sp³-hybridized carbons (Fsp3) is 0.100. The number of ketones is 1. The number of hydrogen-bond acceptors (Lipinski definition) is 5. The van der Waals surface area contributed by atoms with Gasteiger partial charge in [-0.2, -0.15) is 0 Å². The van der Waals surface area contributed by atoms with E-state index in [9.17, 15) is 4.79 Å². The van der Waals surface area contributed by atoms with Crippen molar-refractivity contribution in [1.29, 1.82) is 0 Å². The summed E-state index contributed by atoms with van der Waals surface area (Å²) >= 11 is 1.30. The summed E-state index contributed by atoms with van der Waals surface area (Å²) in [6.07, 6.45) is 4.63. The van der Waals surface area contributed by atoms with Crippen LogP contribution < -0.4 is 4.74 Å². The predicted molar refractivity (Wildman–Crippen MR) is 56.3 cm³/mol. The van der Waals surface area contributed by atoms with E-state index in [1.165, 1.54) is 24.6 Å². The molecule has 0 N–H and O–H groups in total. The highest BCUT2D eigenvalue weighted by Gasteiger charge is 2.15. The Kier molecular flexibility index (Phi) is 2.73. The molecule has 0 atom stereocenters. The summed E-state index contributed by atoms with van der Waals surface area (Å²) < 4.78 is 5.09. The first-order valence-corrected chi connectivity index (χ1v) is 5.12. The molecule has 2 heterocycles. The minimum atomic E-state index is -0.109. The van der Waals surface area contributed by atoms with E-state index in [2.05, 4.69) is 9.97 Å². The monoisotopic (exact) mass is 220 g/mol. The molecule has 0 fully saturated rings. The Morgan fingerprint density at radius 2 is 2.27 bits per heavy atom. The molecule has 76 valence electrons. The average Bonchev–Trinajstić information content (AvgIpc) is 2.81. The third-order valence-corrected chi connectivity index (χ3v) is 2.67. The second kappa shape index (κ2) is 4.18. The molecule has 0 unspecified atom stereocenters. The van der Waals surface area contributed by atoms with Crippen molar-refractivity contribution >= 4 is 17.1 Å². The third kappa shape index (κ3) is 1.87. The lowest BCUT2D eigenvalue weighted by atomic mass is 10.1. The molecular weight excluding hydrogens is 212 g/mol. The van der Waals surface area contributed by atoms with Crippen LogP contribution in [-0.4, -0.2) is 22.9 Å². The number of pyridine rings is 1. The SMILES string of the molecule is COc1ccncc1C(=O)c1cncs1. The lowest BCUT2D eigenvalue weighted by molar-refractivity contribution is 0.103. The van der Waals surface area contributed by atoms with Crippen molar-refractivity contribution in [2.45, 2.75) is 0 Å². The third-order valence-electron chi connectivity index (χ3n) is 1.90. The molecule has 2 aromatic heterocycles. The molecule has 0 bridgehead atoms. The summed E-state index contributed by atoms with van der Waals surface area (Å²) in [4.78, 5) is 20.3. The lowest BCUT2D eigenvalue weighted by Crippen LogP contribution is -2.02. The molecule has 2 rings (SSSR count). The zero-order valence-corrected chi connectivity index (χ0v) is 8.82. The molecule has 5 heteroatoms. The van der Waals surface area contributed by atoms with Gasteiger partial charge in [0.15, 0.2) is 0 Å². The zero-order chi connectivity index (χ0) is 10.7. The van der Waals surface area contributed by atoms with Gasteiger partial charge in [-0.1, -0.05) is 0 Å². The maximum atomic E-state index is 11.9. The van der Waals surface area contributed by atoms with Crippen molar-refractivity contribution in [3.63, 3.8) is 0 Å². The molecule has 2 aromatic rings. The van der Waals surface area contributed by atoms with Gasteiger partial charge in [0.2, 0.25) is 5.78 Å². The van der Waals surface area contributed by atoms with Crippen molar-refractivity contribution in [3.05, 3.63) is 40.6 Å². The topological polar surface area (TPSA) is 52.1 Å². The van der Waals surface area contributed by atoms with Gasteiger partial charge in [-0.05, 0) is 6.07 Å². The molecule has 0 amide bonds. The van der Waals surface area contributed by atoms with Gasteiger partial charge in [0.05, 0.1) is 23.1 Å². The minimum absolute atomic E-state index is 0.109. The summed E-state index contributed by atoms with van der Waals surface area (Å²) in [5.74, 6) is 0.422. The molecule has 0 aromatic carbocycles. The molecule has 0 aliphatic rings. The van der Waals surface area contributed by atoms with Crippen molar-refractivity contribution in [2.24, 2.45) is 0 Å². The van der Waals surface area contributed by atoms with Crippen LogP contribution in [0.4, 0.5) is 0 Å². The molecule has 0 aliphatic carbocycles. The van der Waals surface area contributed by atoms with E-state index in [-0.39, 0.29) is 5.78 Å². The van der Waals surface area contributed by atoms with Crippen LogP contribution >= 0.6 is 11.3 Å². The summed E-state index contributed by atoms with van der Waals surface area (Å²) in [5.41, 5.74) is 2.08. The van der Waals surface area contributed by atoms with Crippen molar-refractivity contribution < 1.29 is 9.53 Å². The Bertz CT molecular complexity index is 468. The highest BCUT2D eigenvalue weighted by atomic mass is 32.1. The van der Waals surface area contributed by atoms with Gasteiger partial charge < -0.3 is 4.74 Å². The van der Waals surface area contributed by atoms with Gasteiger partial charge in [0.1, 0.15) is 5.75 Å². The van der Waals surface area contributed by atoms with Gasteiger partial charge in [-0.3, -0.25) is 14.8 Å². The van der Waals surface area contributed by atoms with Gasteiger partial charge >= 0.3 is 0 Å². The number of rotatable bonds is 3. The Morgan fingerprint density at radius 3 is 2.93 bits per heavy atom. The zero-order valence-electron chi connectivity index (χ0n) is 8.01. The highest BCUT2D eigenvalue weighted by Crippen LogP contribution is 2.21. The molecule has 0 radical (unpaired) electrons. The summed E-state index contributed by atoms with van der Waals surface area (Å²) in [7, 11) is 1.53. The second-order valence-corrected chi connectivity index (χ2v) is 3.66. The molecular formula is C10H8N2O2S. The van der Waals surface area contributed by atoms with Crippen molar-refractivity contribution in [2.75, 3.05) is 7.11 Å². The molecule has 0 spiro atoms. The van der Waals surface area contributed by atoms with E-state index < -0.39 is 0 Å². The number of thiazole rings is 1. The highest BCUT2D eigenvalue weighted by molar-refractivity contribution is 7.11. The van der Waals surface area contributed by atoms with E-state index in [1.54, 1.807) is 24.0 Å². The molecule has 4 nitrogen and oxygen atoms in total. The van der Waals surface area contributed by atoms with Gasteiger partial charge in [-0.25, -0.2) is 0 Å². The van der Waals surface area contributed by atoms with E-state index in [4.69, 9.17) is 4.74 Å². The Balaban J connectivity index is 2.42. The van der Waals surface area contributed by atoms with Crippen LogP contribution in [0.5, 0.6) is 5.75 Å². The normalized spacial score (nSPS) is 9.93. The lowest BCUT2D eigenvalue weighted by Gasteiger charge is -2.04. The standard InChI is InChI=1S/C10H8N2O2S/c1-14-8-2-3-11-4-7(8)10(13)9-5-12-6-15-9/h2-6H,1H3. The first-order chi connectivity index (χ1) is 7.33. The number of methoxy groups -OCH3 is 1. The van der Waals surface area contributed by atoms with Gasteiger partial charge in [-0.15, -0.1) is 11.3 Å². The number of aromatic nitrogens is 2. The molecule has 0 saturated carbocycles. The van der Waals surface area contributed by atoms with E-state index in [1.807, 2.05) is 0 Å². The smallest absolute Gasteiger partial charge is 0.209 e. The largest absolute Gasteiger partial charge is 0.496 e. The summed E-state index contributed by atoms with van der Waals surface area (Å²) in [6, 6.07) is 1.66. The quantitative estimate of drug-likeness (QED) is 0.740. The van der Waals surface area contributed by atoms with Crippen LogP contribution in [0.2, 0.25) is 0 Å². The predicted octanol–water partition coefficient (Wildman–Crippen LogP) is 1.78. The Hall–Kier alpha value is -1.75. The maximum absolute atomic E-state index is 11.9. The van der Waals surface area contributed by atoms with Crippen LogP contribution in [0.25, 0.3) is 0 Å². The Labute approximate surface area is 90.6 Å². The number of carbonyl (C=O) groups is 1. The van der Waals surface area contributed by atoms with E-state index in [0.29, 0.717) is 16.2 Å². The van der Waals surface area contributed by atoms with Crippen LogP contribution in [0.3, 0.4) is 0 Å². The fourth-order valence-electron chi connectivity index (χ4n) is 1.19. The van der Waals surface area contributed by atoms with Crippen LogP contribution in [-0.2, 0) is 0 Å². The van der Waals surface area contributed by atoms with Crippen LogP contribution in [0.1, 0.15) is 15.2 Å². The molecule has 0 saturated heterocycles. The first kappa shape index (κ1) is 9.79. The Morgan fingerprint density at radius 1 is 1.40 bits per heavy atom. The van der Waals surface area contributed by atoms with Crippen molar-refractivity contribution in [1.82, 2.24) is 9.97 Å². The fourth-order valence-corrected chi connectivity index (χ4v) is 1.76. The number of carbonyl (C=O) groups excluding carboxylic acids is 1. The second-order valence-electron chi connectivity index (χ2n) is 2.77. The van der Waals surface area contributed by atoms with Gasteiger partial charge in [0.25, 0.3) is 0 Å². The number of nitrogens with zero attached hydrogens (tertiary/aromatic N) is 2. The maximum Gasteiger partial charge on any atom is 0.209 e. The summed E-state index contributed by atoms with van der Waals surface area (Å²) in [5, 5.41) is 0. The number of hydrogen-bond donors (Lipinski definition) is 0.